The number of hydrogen-bond acceptors (Lipinski definition) is 48. The molecule has 2 fully saturated rings. The van der Waals surface area contributed by atoms with Crippen molar-refractivity contribution >= 4 is 59.7 Å². The second-order valence-corrected chi connectivity index (χ2v) is 32.5. The van der Waals surface area contributed by atoms with Crippen molar-refractivity contribution < 1.29 is 233 Å². The molecule has 14 rings (SSSR count). The Hall–Kier alpha value is -19.4. The van der Waals surface area contributed by atoms with Gasteiger partial charge in [0, 0.05) is 12.6 Å². The molecule has 2 heterocycles. The van der Waals surface area contributed by atoms with Crippen LogP contribution in [0.2, 0.25) is 0 Å². The Labute approximate surface area is 798 Å². The smallest absolute Gasteiger partial charge is 0.343 e. The van der Waals surface area contributed by atoms with Gasteiger partial charge in [-0.15, -0.1) is 0 Å². The number of aromatic hydroxyl groups is 26. The van der Waals surface area contributed by atoms with Gasteiger partial charge in [-0.2, -0.15) is 0 Å². The molecule has 8 atom stereocenters. The van der Waals surface area contributed by atoms with Crippen LogP contribution in [0.4, 0.5) is 0 Å². The molecule has 0 amide bonds. The molecule has 0 aromatic heterocycles. The zero-order chi connectivity index (χ0) is 105. The summed E-state index contributed by atoms with van der Waals surface area (Å²) in [7, 11) is 0. The molecule has 11 aromatic rings. The minimum atomic E-state index is -3.12. The predicted octanol–water partition coefficient (Wildman–Crippen LogP) is 8.72. The van der Waals surface area contributed by atoms with Crippen LogP contribution >= 0.6 is 0 Å². The molecule has 2 saturated heterocycles. The first kappa shape index (κ1) is 101. The highest BCUT2D eigenvalue weighted by molar-refractivity contribution is 6.00. The third kappa shape index (κ3) is 21.3. The molecule has 2 bridgehead atoms. The number of piperidine rings is 1. The summed E-state index contributed by atoms with van der Waals surface area (Å²) in [6, 6.07) is 15.2. The van der Waals surface area contributed by atoms with Gasteiger partial charge in [-0.05, 0) is 189 Å². The molecule has 0 radical (unpaired) electrons. The van der Waals surface area contributed by atoms with E-state index in [2.05, 4.69) is 44.7 Å². The average molecular weight is 1990 g/mol. The Morgan fingerprint density at radius 1 is 0.329 bits per heavy atom. The highest BCUT2D eigenvalue weighted by Crippen LogP contribution is 2.52. The fraction of sp³-hybridized carbons (Fsp3) is 0.179. The number of esters is 10. The Kier molecular flexibility index (Phi) is 28.3. The fourth-order valence-corrected chi connectivity index (χ4v) is 15.1. The van der Waals surface area contributed by atoms with Crippen LogP contribution in [0.15, 0.2) is 151 Å². The van der Waals surface area contributed by atoms with Crippen LogP contribution in [-0.2, 0) is 40.3 Å². The van der Waals surface area contributed by atoms with Crippen molar-refractivity contribution in [3.63, 3.8) is 0 Å². The monoisotopic (exact) mass is 1990 g/mol. The Bertz CT molecular complexity index is 7000. The largest absolute Gasteiger partial charge is 0.508 e. The molecular formula is C95H79NO47. The summed E-state index contributed by atoms with van der Waals surface area (Å²) in [4.78, 5) is 145. The van der Waals surface area contributed by atoms with Crippen molar-refractivity contribution in [2.45, 2.75) is 82.7 Å². The van der Waals surface area contributed by atoms with Crippen molar-refractivity contribution in [3.8, 4) is 178 Å². The van der Waals surface area contributed by atoms with Crippen molar-refractivity contribution in [2.24, 2.45) is 5.92 Å². The number of phenolic OH excluding ortho intramolecular Hbond substituents is 26. The molecule has 746 valence electrons. The van der Waals surface area contributed by atoms with E-state index in [0.29, 0.717) is 139 Å². The summed E-state index contributed by atoms with van der Waals surface area (Å²) < 4.78 is 60.4. The number of allylic oxidation sites excluding steroid dienone is 1. The summed E-state index contributed by atoms with van der Waals surface area (Å²) in [5.74, 6) is -54.9. The quantitative estimate of drug-likeness (QED) is 0.00935. The van der Waals surface area contributed by atoms with Crippen molar-refractivity contribution in [3.05, 3.63) is 218 Å². The minimum absolute atomic E-state index is 0.207. The fourth-order valence-electron chi connectivity index (χ4n) is 15.1. The van der Waals surface area contributed by atoms with Crippen LogP contribution in [0.3, 0.4) is 0 Å². The number of fused-ring (bicyclic) bond motifs is 4. The van der Waals surface area contributed by atoms with Gasteiger partial charge < -0.3 is 185 Å². The summed E-state index contributed by atoms with van der Waals surface area (Å²) in [5.41, 5.74) is -5.47. The topological polar surface area (TPSA) is 801 Å². The number of ether oxygens (including phenoxy) is 11. The first-order valence-corrected chi connectivity index (χ1v) is 41.3. The van der Waals surface area contributed by atoms with E-state index in [0.717, 1.165) is 19.5 Å². The van der Waals surface area contributed by atoms with E-state index >= 15 is 14.4 Å². The number of carbonyl (C=O) groups excluding carboxylic acids is 10. The van der Waals surface area contributed by atoms with E-state index in [1.165, 1.54) is 23.1 Å². The SMILES string of the molecule is CC(C)=CCN1CC[C@@]2(C)c3cc(O)ccc3C[C@@H]1[C@@H]2C.O=C(OC[C@H]1O[C@@H](OC(=O)c2cc(O)c(O)c(OC(=O)c3cc(O)c(O)c(O)c3)c2)[C@H](OC(=O)c2cc(O)c(O)c(OC(=O)c3cc(O)c(O)c(O)c3)c2)[C@@H](OC(=O)c2cc(O)c(O)c(OC(=O)c3cc(O)c(O)c(O)c3)c2)[C@@H]1OC(=O)c1cc(O)c(O)c(OC(=O)c2cc(O)c(O)c(O)c2)c1)c1cc(O)c(O)c(OC(=O)c2cc(O)c(O)c(O)c2)c1. The molecule has 143 heavy (non-hydrogen) atoms. The van der Waals surface area contributed by atoms with Crippen molar-refractivity contribution in [1.29, 1.82) is 0 Å². The molecule has 1 aliphatic carbocycles. The normalized spacial score (nSPS) is 17.1. The van der Waals surface area contributed by atoms with Gasteiger partial charge in [-0.3, -0.25) is 4.90 Å². The van der Waals surface area contributed by atoms with E-state index in [4.69, 9.17) is 52.1 Å². The highest BCUT2D eigenvalue weighted by Gasteiger charge is 2.56. The number of carbonyl (C=O) groups is 10. The Morgan fingerprint density at radius 2 is 0.587 bits per heavy atom. The molecule has 2 aliphatic heterocycles. The van der Waals surface area contributed by atoms with Crippen LogP contribution in [-0.4, -0.2) is 254 Å². The molecular weight excluding hydrogens is 1910 g/mol. The first-order valence-electron chi connectivity index (χ1n) is 41.3. The maximum atomic E-state index is 15.3. The third-order valence-electron chi connectivity index (χ3n) is 22.8. The summed E-state index contributed by atoms with van der Waals surface area (Å²) in [5, 5.41) is 271. The van der Waals surface area contributed by atoms with Gasteiger partial charge in [-0.25, -0.2) is 47.9 Å². The third-order valence-corrected chi connectivity index (χ3v) is 22.8. The van der Waals surface area contributed by atoms with Gasteiger partial charge in [0.05, 0.1) is 55.6 Å². The van der Waals surface area contributed by atoms with Crippen LogP contribution in [0, 0.1) is 5.92 Å². The van der Waals surface area contributed by atoms with E-state index < -0.39 is 325 Å². The van der Waals surface area contributed by atoms with Crippen LogP contribution in [0.5, 0.6) is 178 Å². The molecule has 0 unspecified atom stereocenters. The first-order chi connectivity index (χ1) is 67.3. The lowest BCUT2D eigenvalue weighted by Crippen LogP contribution is -2.63. The minimum Gasteiger partial charge on any atom is -0.508 e. The molecule has 48 heteroatoms. The number of hydrogen-bond donors (Lipinski definition) is 26. The molecule has 0 saturated carbocycles. The van der Waals surface area contributed by atoms with Crippen LogP contribution < -0.4 is 23.7 Å². The summed E-state index contributed by atoms with van der Waals surface area (Å²) in [6.45, 7) is 9.66. The highest BCUT2D eigenvalue weighted by atomic mass is 16.8. The number of benzene rings is 11. The molecule has 26 N–H and O–H groups in total. The lowest BCUT2D eigenvalue weighted by molar-refractivity contribution is -0.282. The number of phenols is 26. The van der Waals surface area contributed by atoms with Gasteiger partial charge in [0.2, 0.25) is 41.1 Å². The predicted molar refractivity (Wildman–Crippen MR) is 471 cm³/mol. The number of likely N-dealkylation sites (tertiary alicyclic amines) is 1. The van der Waals surface area contributed by atoms with E-state index in [9.17, 15) is 166 Å². The van der Waals surface area contributed by atoms with E-state index in [-0.39, 0.29) is 5.41 Å². The average Bonchev–Trinajstić information content (AvgIpc) is 0.729. The van der Waals surface area contributed by atoms with Crippen LogP contribution in [0.1, 0.15) is 149 Å². The molecule has 48 nitrogen and oxygen atoms in total. The van der Waals surface area contributed by atoms with Crippen molar-refractivity contribution in [1.82, 2.24) is 4.90 Å². The summed E-state index contributed by atoms with van der Waals surface area (Å²) >= 11 is 0. The van der Waals surface area contributed by atoms with Crippen LogP contribution in [0.25, 0.3) is 0 Å². The standard InChI is InChI=1S/C76H52O46.C19H27NO/c77-32-1-22(2-33(78)53(32)92)67(103)113-47-16-27(11-42(87)58(47)97)66(102)112-21-52-63(119-72(108)28-12-43(88)59(98)48(17-28)114-68(104)23-3-34(79)54(93)35(80)4-23)64(120-73(109)29-13-44(89)60(99)49(18-29)115-69(105)24-5-36(81)55(94)37(82)6-24)65(121-74(110)30-14-45(90)61(100)50(19-30)116-70(106)25-7-38(83)56(95)39(84)8-25)76(118-52)122-75(111)31-15-46(91)62(101)51(20-31)117-71(107)26-9-40(85)57(96)41(86)10-26;1-13(2)7-9-20-10-8-19(4)14(3)18(20)11-15-5-6-16(21)12-17(15)19/h1-20,52,63-65,76-101H,21H2;5-7,12,14,18,21H,8-11H2,1-4H3/t52-,63-,64+,65-,76+;14-,18+,19+/m10/s1. The van der Waals surface area contributed by atoms with Gasteiger partial charge >= 0.3 is 59.7 Å². The zero-order valence-electron chi connectivity index (χ0n) is 73.6. The maximum Gasteiger partial charge on any atom is 0.343 e. The van der Waals surface area contributed by atoms with Crippen molar-refractivity contribution in [2.75, 3.05) is 19.7 Å². The van der Waals surface area contributed by atoms with Gasteiger partial charge in [0.15, 0.2) is 156 Å². The molecule has 0 spiro atoms. The van der Waals surface area contributed by atoms with E-state index in [1.54, 1.807) is 0 Å². The lowest BCUT2D eigenvalue weighted by atomic mass is 9.59. The Balaban J connectivity index is 0.000000717. The van der Waals surface area contributed by atoms with Gasteiger partial charge in [0.25, 0.3) is 0 Å². The Morgan fingerprint density at radius 3 is 0.881 bits per heavy atom. The number of rotatable bonds is 23. The maximum absolute atomic E-state index is 15.3. The van der Waals surface area contributed by atoms with E-state index in [1.807, 2.05) is 12.1 Å². The molecule has 3 aliphatic rings. The second kappa shape index (κ2) is 40.1. The van der Waals surface area contributed by atoms with Gasteiger partial charge in [0.1, 0.15) is 18.5 Å². The second-order valence-electron chi connectivity index (χ2n) is 32.5. The zero-order valence-corrected chi connectivity index (χ0v) is 73.6. The van der Waals surface area contributed by atoms with Gasteiger partial charge in [-0.1, -0.05) is 31.6 Å². The molecule has 11 aromatic carbocycles. The number of nitrogens with zero attached hydrogens (tertiary/aromatic N) is 1. The summed E-state index contributed by atoms with van der Waals surface area (Å²) in [6.07, 6.45) is -10.4. The lowest BCUT2D eigenvalue weighted by Gasteiger charge is -2.54.